The number of fused-ring (bicyclic) bond motifs is 1. The maximum atomic E-state index is 13.2. The highest BCUT2D eigenvalue weighted by Gasteiger charge is 2.53. The molecule has 0 saturated carbocycles. The van der Waals surface area contributed by atoms with Crippen molar-refractivity contribution in [3.8, 4) is 0 Å². The summed E-state index contributed by atoms with van der Waals surface area (Å²) in [6.45, 7) is 8.68. The molecule has 4 heterocycles. The first-order chi connectivity index (χ1) is 17.0. The summed E-state index contributed by atoms with van der Waals surface area (Å²) in [5.74, 6) is -0.00260. The quantitative estimate of drug-likeness (QED) is 0.536. The van der Waals surface area contributed by atoms with Crippen molar-refractivity contribution in [3.63, 3.8) is 0 Å². The monoisotopic (exact) mass is 495 g/mol. The van der Waals surface area contributed by atoms with Crippen LogP contribution in [0.15, 0.2) is 24.3 Å². The normalized spacial score (nSPS) is 22.2. The molecule has 3 N–H and O–H groups in total. The summed E-state index contributed by atoms with van der Waals surface area (Å²) in [6, 6.07) is 7.20. The predicted octanol–water partition coefficient (Wildman–Crippen LogP) is 2.75. The highest BCUT2D eigenvalue weighted by molar-refractivity contribution is 6.63. The first-order valence-electron chi connectivity index (χ1n) is 12.0. The lowest BCUT2D eigenvalue weighted by molar-refractivity contribution is 0.00578. The second-order valence-electron chi connectivity index (χ2n) is 10.4. The van der Waals surface area contributed by atoms with E-state index in [0.29, 0.717) is 41.4 Å². The maximum absolute atomic E-state index is 13.2. The van der Waals surface area contributed by atoms with Crippen LogP contribution >= 0.6 is 0 Å². The Hall–Kier alpha value is -2.99. The molecule has 1 atom stereocenters. The molecule has 2 saturated heterocycles. The minimum absolute atomic E-state index is 0.103. The van der Waals surface area contributed by atoms with Crippen LogP contribution in [0.25, 0.3) is 0 Å². The number of carboxylic acid groups (broad SMARTS) is 1. The van der Waals surface area contributed by atoms with Crippen LogP contribution in [0.5, 0.6) is 0 Å². The molecule has 10 nitrogen and oxygen atoms in total. The standard InChI is InChI=1S/C25H30BN3O7/c1-24(2)25(3,4)36-26(35-24)17-6-7-18(21-16(17)11-29(22(21)31)23(32)33)27-20-8-5-15(19(12-30)28-20)14-9-10-34-13-14/h5-8,14,30H,9-13H2,1-4H3,(H,27,28)(H,32,33). The van der Waals surface area contributed by atoms with Gasteiger partial charge in [0.1, 0.15) is 5.82 Å². The molecule has 0 aliphatic carbocycles. The number of benzene rings is 1. The number of amides is 2. The van der Waals surface area contributed by atoms with Crippen molar-refractivity contribution in [2.24, 2.45) is 0 Å². The largest absolute Gasteiger partial charge is 0.495 e. The Morgan fingerprint density at radius 1 is 1.19 bits per heavy atom. The summed E-state index contributed by atoms with van der Waals surface area (Å²) >= 11 is 0. The Kier molecular flexibility index (Phi) is 6.07. The van der Waals surface area contributed by atoms with Gasteiger partial charge in [0.25, 0.3) is 5.91 Å². The molecule has 11 heteroatoms. The molecular formula is C25H30BN3O7. The molecule has 36 heavy (non-hydrogen) atoms. The zero-order chi connectivity index (χ0) is 25.8. The van der Waals surface area contributed by atoms with Crippen LogP contribution in [0.2, 0.25) is 0 Å². The van der Waals surface area contributed by atoms with Crippen molar-refractivity contribution in [1.29, 1.82) is 0 Å². The van der Waals surface area contributed by atoms with Crippen LogP contribution in [-0.4, -0.2) is 63.6 Å². The van der Waals surface area contributed by atoms with Crippen LogP contribution in [-0.2, 0) is 27.2 Å². The zero-order valence-electron chi connectivity index (χ0n) is 20.8. The van der Waals surface area contributed by atoms with E-state index in [0.717, 1.165) is 16.9 Å². The second-order valence-corrected chi connectivity index (χ2v) is 10.4. The van der Waals surface area contributed by atoms with Crippen molar-refractivity contribution in [1.82, 2.24) is 9.88 Å². The van der Waals surface area contributed by atoms with E-state index in [1.807, 2.05) is 33.8 Å². The molecule has 3 aliphatic heterocycles. The summed E-state index contributed by atoms with van der Waals surface area (Å²) in [7, 11) is -0.744. The third-order valence-corrected chi connectivity index (χ3v) is 7.65. The molecule has 0 spiro atoms. The highest BCUT2D eigenvalue weighted by atomic mass is 16.7. The van der Waals surface area contributed by atoms with E-state index in [4.69, 9.17) is 14.0 Å². The minimum atomic E-state index is -1.33. The summed E-state index contributed by atoms with van der Waals surface area (Å²) in [5, 5.41) is 22.7. The number of hydrogen-bond donors (Lipinski definition) is 3. The number of anilines is 2. The van der Waals surface area contributed by atoms with Crippen LogP contribution in [0.1, 0.15) is 67.2 Å². The van der Waals surface area contributed by atoms with Gasteiger partial charge in [-0.2, -0.15) is 0 Å². The van der Waals surface area contributed by atoms with Gasteiger partial charge in [0.05, 0.1) is 47.9 Å². The van der Waals surface area contributed by atoms with E-state index in [-0.39, 0.29) is 24.6 Å². The Morgan fingerprint density at radius 3 is 2.53 bits per heavy atom. The van der Waals surface area contributed by atoms with Crippen molar-refractivity contribution in [3.05, 3.63) is 46.6 Å². The molecule has 1 aromatic carbocycles. The number of nitrogens with one attached hydrogen (secondary N) is 1. The summed E-state index contributed by atoms with van der Waals surface area (Å²) in [6.07, 6.45) is -0.458. The lowest BCUT2D eigenvalue weighted by atomic mass is 9.74. The minimum Gasteiger partial charge on any atom is -0.465 e. The number of rotatable bonds is 5. The fourth-order valence-corrected chi connectivity index (χ4v) is 4.89. The number of imide groups is 1. The number of nitrogens with zero attached hydrogens (tertiary/aromatic N) is 2. The van der Waals surface area contributed by atoms with Crippen LogP contribution < -0.4 is 10.8 Å². The molecule has 2 aromatic rings. The lowest BCUT2D eigenvalue weighted by Crippen LogP contribution is -2.41. The van der Waals surface area contributed by atoms with Crippen molar-refractivity contribution in [2.75, 3.05) is 18.5 Å². The maximum Gasteiger partial charge on any atom is 0.495 e. The molecule has 0 radical (unpaired) electrons. The molecule has 2 fully saturated rings. The number of pyridine rings is 1. The Balaban J connectivity index is 1.51. The number of aliphatic hydroxyl groups excluding tert-OH is 1. The Morgan fingerprint density at radius 2 is 1.92 bits per heavy atom. The van der Waals surface area contributed by atoms with Crippen LogP contribution in [0, 0.1) is 0 Å². The number of aromatic nitrogens is 1. The highest BCUT2D eigenvalue weighted by Crippen LogP contribution is 2.38. The molecule has 3 aliphatic rings. The van der Waals surface area contributed by atoms with E-state index >= 15 is 0 Å². The summed E-state index contributed by atoms with van der Waals surface area (Å²) < 4.78 is 17.8. The van der Waals surface area contributed by atoms with Crippen LogP contribution in [0.4, 0.5) is 16.3 Å². The number of ether oxygens (including phenoxy) is 1. The van der Waals surface area contributed by atoms with Gasteiger partial charge in [-0.15, -0.1) is 0 Å². The van der Waals surface area contributed by atoms with Crippen LogP contribution in [0.3, 0.4) is 0 Å². The van der Waals surface area contributed by atoms with Gasteiger partial charge in [0.2, 0.25) is 0 Å². The molecule has 1 unspecified atom stereocenters. The van der Waals surface area contributed by atoms with Gasteiger partial charge in [0.15, 0.2) is 0 Å². The molecule has 0 bridgehead atoms. The van der Waals surface area contributed by atoms with E-state index in [2.05, 4.69) is 10.3 Å². The summed E-state index contributed by atoms with van der Waals surface area (Å²) in [5.41, 5.74) is 2.12. The van der Waals surface area contributed by atoms with E-state index in [1.165, 1.54) is 0 Å². The van der Waals surface area contributed by atoms with Gasteiger partial charge < -0.3 is 29.6 Å². The number of hydrogen-bond acceptors (Lipinski definition) is 8. The van der Waals surface area contributed by atoms with E-state index in [1.54, 1.807) is 18.2 Å². The molecule has 190 valence electrons. The third kappa shape index (κ3) is 4.05. The van der Waals surface area contributed by atoms with Crippen molar-refractivity contribution in [2.45, 2.75) is 64.4 Å². The fraction of sp³-hybridized carbons (Fsp3) is 0.480. The fourth-order valence-electron chi connectivity index (χ4n) is 4.89. The number of carbonyl (C=O) groups excluding carboxylic acids is 1. The van der Waals surface area contributed by atoms with Gasteiger partial charge in [-0.3, -0.25) is 4.79 Å². The van der Waals surface area contributed by atoms with E-state index in [9.17, 15) is 19.8 Å². The Bertz CT molecular complexity index is 1210. The van der Waals surface area contributed by atoms with Gasteiger partial charge in [-0.25, -0.2) is 14.7 Å². The first-order valence-corrected chi connectivity index (χ1v) is 12.0. The average molecular weight is 495 g/mol. The van der Waals surface area contributed by atoms with Gasteiger partial charge in [-0.1, -0.05) is 12.1 Å². The Labute approximate surface area is 209 Å². The van der Waals surface area contributed by atoms with Gasteiger partial charge >= 0.3 is 13.2 Å². The number of aliphatic hydroxyl groups is 1. The van der Waals surface area contributed by atoms with Gasteiger partial charge in [0, 0.05) is 12.5 Å². The third-order valence-electron chi connectivity index (χ3n) is 7.65. The summed E-state index contributed by atoms with van der Waals surface area (Å²) in [4.78, 5) is 30.3. The molecule has 1 aromatic heterocycles. The number of carbonyl (C=O) groups is 2. The second kappa shape index (κ2) is 8.84. The van der Waals surface area contributed by atoms with Gasteiger partial charge in [-0.05, 0) is 62.8 Å². The topological polar surface area (TPSA) is 130 Å². The van der Waals surface area contributed by atoms with Crippen molar-refractivity contribution >= 4 is 36.1 Å². The smallest absolute Gasteiger partial charge is 0.465 e. The predicted molar refractivity (Wildman–Crippen MR) is 132 cm³/mol. The van der Waals surface area contributed by atoms with Crippen molar-refractivity contribution < 1.29 is 33.8 Å². The average Bonchev–Trinajstić information content (AvgIpc) is 3.51. The molecular weight excluding hydrogens is 465 g/mol. The first kappa shape index (κ1) is 24.7. The molecule has 2 amide bonds. The molecule has 5 rings (SSSR count). The zero-order valence-corrected chi connectivity index (χ0v) is 20.8. The lowest BCUT2D eigenvalue weighted by Gasteiger charge is -2.32. The van der Waals surface area contributed by atoms with E-state index < -0.39 is 30.3 Å². The SMILES string of the molecule is CC1(C)OB(c2ccc(Nc3ccc(C4CCOC4)c(CO)n3)c3c2CN(C(=O)O)C3=O)OC1(C)C.